The normalized spacial score (nSPS) is 11.3. The Balaban J connectivity index is 2.34. The van der Waals surface area contributed by atoms with Gasteiger partial charge in [-0.25, -0.2) is 17.6 Å². The fourth-order valence-electron chi connectivity index (χ4n) is 2.46. The maximum atomic E-state index is 13.9. The monoisotopic (exact) mass is 431 g/mol. The molecule has 0 amide bonds. The number of hydrogen-bond donors (Lipinski definition) is 1. The molecule has 0 fully saturated rings. The van der Waals surface area contributed by atoms with Crippen LogP contribution in [0.25, 0.3) is 0 Å². The summed E-state index contributed by atoms with van der Waals surface area (Å²) in [6.45, 7) is 0.233. The molecule has 1 aromatic carbocycles. The maximum absolute atomic E-state index is 13.9. The van der Waals surface area contributed by atoms with E-state index in [0.29, 0.717) is 23.9 Å². The van der Waals surface area contributed by atoms with Gasteiger partial charge in [0.2, 0.25) is 0 Å². The maximum Gasteiger partial charge on any atom is 0.179 e. The first-order valence-corrected chi connectivity index (χ1v) is 10.5. The van der Waals surface area contributed by atoms with E-state index in [2.05, 4.69) is 9.37 Å². The van der Waals surface area contributed by atoms with Gasteiger partial charge in [0, 0.05) is 6.61 Å². The van der Waals surface area contributed by atoms with Crippen LogP contribution in [0.15, 0.2) is 9.79 Å². The number of aliphatic hydroxyl groups excluding tert-OH is 1. The molecule has 1 N–H and O–H groups in total. The molecule has 0 saturated carbocycles. The van der Waals surface area contributed by atoms with E-state index in [1.165, 1.54) is 0 Å². The van der Waals surface area contributed by atoms with Gasteiger partial charge in [-0.2, -0.15) is 4.33 Å². The average molecular weight is 431 g/mol. The van der Waals surface area contributed by atoms with Crippen molar-refractivity contribution in [2.45, 2.75) is 67.6 Å². The van der Waals surface area contributed by atoms with E-state index in [-0.39, 0.29) is 18.6 Å². The van der Waals surface area contributed by atoms with Crippen LogP contribution >= 0.6 is 23.8 Å². The van der Waals surface area contributed by atoms with Crippen LogP contribution in [-0.2, 0) is 9.37 Å². The molecular formula is C17H23F4O4S2-. The lowest BCUT2D eigenvalue weighted by molar-refractivity contribution is -0.777. The lowest BCUT2D eigenvalue weighted by Gasteiger charge is -2.11. The summed E-state index contributed by atoms with van der Waals surface area (Å²) in [7, 11) is 0. The molecule has 0 aliphatic carbocycles. The molecule has 0 unspecified atom stereocenters. The van der Waals surface area contributed by atoms with Gasteiger partial charge in [-0.1, -0.05) is 44.9 Å². The highest BCUT2D eigenvalue weighted by Crippen LogP contribution is 2.36. The van der Waals surface area contributed by atoms with Gasteiger partial charge in [0.1, 0.15) is 4.90 Å². The number of thioether (sulfide) groups is 1. The minimum Gasteiger partial charge on any atom is -0.691 e. The van der Waals surface area contributed by atoms with Gasteiger partial charge in [-0.15, -0.1) is 11.8 Å². The van der Waals surface area contributed by atoms with Crippen molar-refractivity contribution in [2.24, 2.45) is 0 Å². The fourth-order valence-corrected chi connectivity index (χ4v) is 3.87. The summed E-state index contributed by atoms with van der Waals surface area (Å²) < 4.78 is 59.2. The zero-order chi connectivity index (χ0) is 20.1. The Morgan fingerprint density at radius 1 is 0.704 bits per heavy atom. The van der Waals surface area contributed by atoms with E-state index in [0.717, 1.165) is 51.4 Å². The van der Waals surface area contributed by atoms with Crippen molar-refractivity contribution in [3.63, 3.8) is 0 Å². The molecule has 1 aromatic rings. The number of benzene rings is 1. The van der Waals surface area contributed by atoms with Crippen LogP contribution in [-0.4, -0.2) is 17.5 Å². The summed E-state index contributed by atoms with van der Waals surface area (Å²) in [5.41, 5.74) is 0. The van der Waals surface area contributed by atoms with Crippen LogP contribution in [0.2, 0.25) is 0 Å². The van der Waals surface area contributed by atoms with Gasteiger partial charge in [0.15, 0.2) is 23.3 Å². The second-order valence-electron chi connectivity index (χ2n) is 5.89. The molecule has 1 rings (SSSR count). The Kier molecular flexibility index (Phi) is 13.1. The first kappa shape index (κ1) is 24.5. The van der Waals surface area contributed by atoms with Gasteiger partial charge < -0.3 is 10.4 Å². The summed E-state index contributed by atoms with van der Waals surface area (Å²) in [5, 5.41) is 21.3. The van der Waals surface area contributed by atoms with Crippen molar-refractivity contribution in [3.8, 4) is 0 Å². The third-order valence-corrected chi connectivity index (χ3v) is 5.67. The summed E-state index contributed by atoms with van der Waals surface area (Å²) in [5.74, 6) is -5.95. The molecule has 0 aliphatic heterocycles. The summed E-state index contributed by atoms with van der Waals surface area (Å²) in [4.78, 5) is -1.83. The van der Waals surface area contributed by atoms with Crippen molar-refractivity contribution < 1.29 is 37.3 Å². The fraction of sp³-hybridized carbons (Fsp3) is 0.647. The Bertz CT molecular complexity index is 535. The predicted octanol–water partition coefficient (Wildman–Crippen LogP) is 5.07. The highest BCUT2D eigenvalue weighted by Gasteiger charge is 2.26. The van der Waals surface area contributed by atoms with Gasteiger partial charge in [-0.05, 0) is 18.6 Å². The lowest BCUT2D eigenvalue weighted by atomic mass is 10.1. The number of hydrogen-bond acceptors (Lipinski definition) is 6. The lowest BCUT2D eigenvalue weighted by Crippen LogP contribution is -2.05. The van der Waals surface area contributed by atoms with Crippen molar-refractivity contribution in [3.05, 3.63) is 23.3 Å². The van der Waals surface area contributed by atoms with Gasteiger partial charge in [0.25, 0.3) is 0 Å². The minimum atomic E-state index is -1.63. The quantitative estimate of drug-likeness (QED) is 0.0796. The van der Waals surface area contributed by atoms with Crippen molar-refractivity contribution >= 4 is 23.8 Å². The molecule has 27 heavy (non-hydrogen) atoms. The number of halogens is 4. The zero-order valence-electron chi connectivity index (χ0n) is 14.8. The van der Waals surface area contributed by atoms with Gasteiger partial charge in [-0.3, -0.25) is 5.04 Å². The predicted molar refractivity (Wildman–Crippen MR) is 93.7 cm³/mol. The smallest absolute Gasteiger partial charge is 0.179 e. The van der Waals surface area contributed by atoms with Crippen LogP contribution in [0.4, 0.5) is 17.6 Å². The minimum absolute atomic E-state index is 0.230. The molecule has 4 nitrogen and oxygen atoms in total. The average Bonchev–Trinajstić information content (AvgIpc) is 2.67. The van der Waals surface area contributed by atoms with E-state index in [1.807, 2.05) is 0 Å². The van der Waals surface area contributed by atoms with Gasteiger partial charge >= 0.3 is 0 Å². The van der Waals surface area contributed by atoms with Crippen molar-refractivity contribution in [2.75, 3.05) is 12.4 Å². The largest absolute Gasteiger partial charge is 0.691 e. The Morgan fingerprint density at radius 3 is 1.63 bits per heavy atom. The second-order valence-corrected chi connectivity index (χ2v) is 7.70. The molecule has 0 aromatic heterocycles. The first-order chi connectivity index (χ1) is 13.0. The SMILES string of the molecule is [O-]OOSc1c(F)c(F)c(SCCCCCCCCCCCO)c(F)c1F. The third kappa shape index (κ3) is 8.57. The molecule has 0 atom stereocenters. The van der Waals surface area contributed by atoms with Crippen LogP contribution in [0.5, 0.6) is 0 Å². The Morgan fingerprint density at radius 2 is 1.15 bits per heavy atom. The highest BCUT2D eigenvalue weighted by molar-refractivity contribution is 7.99. The second kappa shape index (κ2) is 14.5. The van der Waals surface area contributed by atoms with Crippen molar-refractivity contribution in [1.29, 1.82) is 0 Å². The molecule has 0 saturated heterocycles. The number of aliphatic hydroxyl groups is 1. The number of unbranched alkanes of at least 4 members (excludes halogenated alkanes) is 8. The van der Waals surface area contributed by atoms with Crippen molar-refractivity contribution in [1.82, 2.24) is 0 Å². The molecule has 0 radical (unpaired) electrons. The summed E-state index contributed by atoms with van der Waals surface area (Å²) in [6.07, 6.45) is 8.77. The molecular weight excluding hydrogens is 408 g/mol. The molecule has 0 spiro atoms. The standard InChI is InChI=1S/C17H24F4O4S2/c18-12-14(20)17(27-25-24-23)15(21)13(19)16(12)26-11-9-7-5-3-1-2-4-6-8-10-22/h22-23H,1-11H2/p-1. The van der Waals surface area contributed by atoms with E-state index >= 15 is 0 Å². The van der Waals surface area contributed by atoms with Crippen LogP contribution in [0.1, 0.15) is 57.8 Å². The summed E-state index contributed by atoms with van der Waals surface area (Å²) >= 11 is 0.485. The van der Waals surface area contributed by atoms with E-state index in [9.17, 15) is 22.8 Å². The Labute approximate surface area is 164 Å². The topological polar surface area (TPSA) is 61.8 Å². The molecule has 0 heterocycles. The van der Waals surface area contributed by atoms with Crippen LogP contribution < -0.4 is 5.26 Å². The van der Waals surface area contributed by atoms with Crippen LogP contribution in [0.3, 0.4) is 0 Å². The molecule has 156 valence electrons. The molecule has 0 bridgehead atoms. The van der Waals surface area contributed by atoms with Gasteiger partial charge in [0.05, 0.1) is 16.9 Å². The zero-order valence-corrected chi connectivity index (χ0v) is 16.4. The van der Waals surface area contributed by atoms with Crippen LogP contribution in [0, 0.1) is 23.3 Å². The molecule has 10 heteroatoms. The van der Waals surface area contributed by atoms with E-state index in [4.69, 9.17) is 5.11 Å². The van der Waals surface area contributed by atoms with E-state index < -0.39 is 33.1 Å². The number of rotatable bonds is 15. The highest BCUT2D eigenvalue weighted by atomic mass is 32.2. The Hall–Kier alpha value is -0.520. The molecule has 0 aliphatic rings. The summed E-state index contributed by atoms with van der Waals surface area (Å²) in [6, 6.07) is 0. The van der Waals surface area contributed by atoms with E-state index in [1.54, 1.807) is 0 Å². The first-order valence-electron chi connectivity index (χ1n) is 8.77. The third-order valence-electron chi connectivity index (χ3n) is 3.88.